The number of nitrogens with zero attached hydrogens (tertiary/aromatic N) is 1. The zero-order valence-electron chi connectivity index (χ0n) is 14.8. The maximum absolute atomic E-state index is 3.88. The van der Waals surface area contributed by atoms with E-state index in [1.807, 2.05) is 0 Å². The molecule has 0 bridgehead atoms. The van der Waals surface area contributed by atoms with E-state index in [0.29, 0.717) is 0 Å². The summed E-state index contributed by atoms with van der Waals surface area (Å²) in [7, 11) is 0. The van der Waals surface area contributed by atoms with E-state index >= 15 is 0 Å². The van der Waals surface area contributed by atoms with E-state index in [-0.39, 0.29) is 0 Å². The Morgan fingerprint density at radius 2 is 1.85 bits per heavy atom. The molecule has 2 heterocycles. The minimum atomic E-state index is 0.900. The summed E-state index contributed by atoms with van der Waals surface area (Å²) in [6.45, 7) is 5.08. The van der Waals surface area contributed by atoms with Crippen LogP contribution in [0.3, 0.4) is 0 Å². The first-order valence-electron chi connectivity index (χ1n) is 9.20. The van der Waals surface area contributed by atoms with Crippen LogP contribution in [-0.2, 0) is 19.5 Å². The average Bonchev–Trinajstić information content (AvgIpc) is 2.99. The van der Waals surface area contributed by atoms with Crippen molar-refractivity contribution in [2.24, 2.45) is 0 Å². The van der Waals surface area contributed by atoms with Crippen LogP contribution >= 0.6 is 15.9 Å². The number of fused-ring (bicyclic) bond motifs is 4. The lowest BCUT2D eigenvalue weighted by Crippen LogP contribution is -2.25. The van der Waals surface area contributed by atoms with Crippen LogP contribution in [0.1, 0.15) is 22.4 Å². The van der Waals surface area contributed by atoms with E-state index in [0.717, 1.165) is 26.1 Å². The summed E-state index contributed by atoms with van der Waals surface area (Å²) in [5, 5.41) is 7.62. The molecule has 4 aromatic rings. The van der Waals surface area contributed by atoms with Crippen LogP contribution in [0.4, 0.5) is 0 Å². The van der Waals surface area contributed by atoms with Gasteiger partial charge in [-0.1, -0.05) is 54.6 Å². The molecule has 3 aromatic carbocycles. The van der Waals surface area contributed by atoms with Crippen molar-refractivity contribution in [3.8, 4) is 0 Å². The molecule has 0 unspecified atom stereocenters. The van der Waals surface area contributed by atoms with Crippen molar-refractivity contribution in [3.63, 3.8) is 0 Å². The summed E-state index contributed by atoms with van der Waals surface area (Å²) in [5.41, 5.74) is 6.96. The molecule has 2 nitrogen and oxygen atoms in total. The summed E-state index contributed by atoms with van der Waals surface area (Å²) >= 11 is 3.88. The van der Waals surface area contributed by atoms with Crippen LogP contribution in [0.25, 0.3) is 21.7 Å². The Morgan fingerprint density at radius 1 is 1.00 bits per heavy atom. The highest BCUT2D eigenvalue weighted by molar-refractivity contribution is 9.10. The monoisotopic (exact) mass is 404 g/mol. The fourth-order valence-corrected chi connectivity index (χ4v) is 4.86. The summed E-state index contributed by atoms with van der Waals surface area (Å²) in [5.74, 6) is 0. The molecule has 1 aliphatic rings. The largest absolute Gasteiger partial charge is 0.338 e. The summed E-state index contributed by atoms with van der Waals surface area (Å²) in [6.07, 6.45) is 1.10. The minimum Gasteiger partial charge on any atom is -0.338 e. The molecule has 5 rings (SSSR count). The van der Waals surface area contributed by atoms with Gasteiger partial charge in [0.1, 0.15) is 0 Å². The van der Waals surface area contributed by atoms with Crippen molar-refractivity contribution in [1.82, 2.24) is 9.88 Å². The maximum Gasteiger partial charge on any atom is 0.0636 e. The highest BCUT2D eigenvalue weighted by Crippen LogP contribution is 2.36. The van der Waals surface area contributed by atoms with Gasteiger partial charge in [0, 0.05) is 28.6 Å². The Labute approximate surface area is 162 Å². The first kappa shape index (κ1) is 16.1. The third kappa shape index (κ3) is 2.42. The van der Waals surface area contributed by atoms with Crippen LogP contribution in [-0.4, -0.2) is 11.1 Å². The molecule has 3 heteroatoms. The van der Waals surface area contributed by atoms with E-state index in [4.69, 9.17) is 0 Å². The second kappa shape index (κ2) is 6.26. The van der Waals surface area contributed by atoms with Gasteiger partial charge in [-0.05, 0) is 63.3 Å². The van der Waals surface area contributed by atoms with Crippen LogP contribution < -0.4 is 5.32 Å². The van der Waals surface area contributed by atoms with Gasteiger partial charge in [-0.2, -0.15) is 0 Å². The second-order valence-corrected chi connectivity index (χ2v) is 7.96. The van der Waals surface area contributed by atoms with Gasteiger partial charge in [0.2, 0.25) is 0 Å². The highest BCUT2D eigenvalue weighted by Gasteiger charge is 2.22. The molecule has 1 aliphatic heterocycles. The lowest BCUT2D eigenvalue weighted by atomic mass is 10.0. The summed E-state index contributed by atoms with van der Waals surface area (Å²) in [6, 6.07) is 19.9. The van der Waals surface area contributed by atoms with Crippen molar-refractivity contribution in [2.75, 3.05) is 6.54 Å². The summed E-state index contributed by atoms with van der Waals surface area (Å²) < 4.78 is 3.75. The Morgan fingerprint density at radius 3 is 2.77 bits per heavy atom. The van der Waals surface area contributed by atoms with E-state index < -0.39 is 0 Å². The van der Waals surface area contributed by atoms with Crippen molar-refractivity contribution in [1.29, 1.82) is 0 Å². The van der Waals surface area contributed by atoms with Gasteiger partial charge in [0.15, 0.2) is 0 Å². The molecule has 1 N–H and O–H groups in total. The van der Waals surface area contributed by atoms with Gasteiger partial charge in [0.05, 0.1) is 5.52 Å². The molecule has 0 atom stereocenters. The molecule has 0 saturated heterocycles. The number of rotatable bonds is 2. The van der Waals surface area contributed by atoms with Crippen molar-refractivity contribution in [2.45, 2.75) is 26.4 Å². The molecule has 0 aliphatic carbocycles. The highest BCUT2D eigenvalue weighted by atomic mass is 79.9. The van der Waals surface area contributed by atoms with Crippen LogP contribution in [0.2, 0.25) is 0 Å². The van der Waals surface area contributed by atoms with Gasteiger partial charge in [-0.25, -0.2) is 0 Å². The second-order valence-electron chi connectivity index (χ2n) is 7.17. The predicted octanol–water partition coefficient (Wildman–Crippen LogP) is 5.56. The molecule has 0 amide bonds. The van der Waals surface area contributed by atoms with Crippen molar-refractivity contribution >= 4 is 37.6 Å². The summed E-state index contributed by atoms with van der Waals surface area (Å²) in [4.78, 5) is 0. The molecular weight excluding hydrogens is 384 g/mol. The number of aromatic nitrogens is 1. The fourth-order valence-electron chi connectivity index (χ4n) is 4.30. The third-order valence-electron chi connectivity index (χ3n) is 5.63. The smallest absolute Gasteiger partial charge is 0.0636 e. The van der Waals surface area contributed by atoms with E-state index in [1.165, 1.54) is 48.5 Å². The van der Waals surface area contributed by atoms with Crippen molar-refractivity contribution < 1.29 is 0 Å². The Kier molecular flexibility index (Phi) is 3.87. The molecule has 0 spiro atoms. The van der Waals surface area contributed by atoms with Gasteiger partial charge < -0.3 is 9.88 Å². The fraction of sp³-hybridized carbons (Fsp3) is 0.217. The topological polar surface area (TPSA) is 17.0 Å². The first-order chi connectivity index (χ1) is 12.7. The number of nitrogens with one attached hydrogen (secondary N) is 1. The number of benzene rings is 3. The SMILES string of the molecule is Cc1ccc2c3c(n(Cc4cccc5ccccc45)c2c1Br)CNCC3. The standard InChI is InChI=1S/C23H21BrN2/c1-15-9-10-20-19-11-12-25-13-21(19)26(23(20)22(15)24)14-17-7-4-6-16-5-2-3-8-18(16)17/h2-10,25H,11-14H2,1H3. The number of aryl methyl sites for hydroxylation is 1. The first-order valence-corrected chi connectivity index (χ1v) is 10.00. The van der Waals surface area contributed by atoms with Crippen LogP contribution in [0.5, 0.6) is 0 Å². The van der Waals surface area contributed by atoms with E-state index in [1.54, 1.807) is 0 Å². The molecule has 0 saturated carbocycles. The van der Waals surface area contributed by atoms with Crippen LogP contribution in [0, 0.1) is 6.92 Å². The van der Waals surface area contributed by atoms with Gasteiger partial charge in [-0.15, -0.1) is 0 Å². The van der Waals surface area contributed by atoms with Gasteiger partial charge in [-0.3, -0.25) is 0 Å². The quantitative estimate of drug-likeness (QED) is 0.462. The molecule has 1 aromatic heterocycles. The van der Waals surface area contributed by atoms with Gasteiger partial charge in [0.25, 0.3) is 0 Å². The number of hydrogen-bond acceptors (Lipinski definition) is 1. The van der Waals surface area contributed by atoms with E-state index in [9.17, 15) is 0 Å². The molecule has 0 radical (unpaired) electrons. The van der Waals surface area contributed by atoms with Crippen molar-refractivity contribution in [3.05, 3.63) is 81.5 Å². The minimum absolute atomic E-state index is 0.900. The molecular formula is C23H21BrN2. The lowest BCUT2D eigenvalue weighted by molar-refractivity contribution is 0.603. The Hall–Kier alpha value is -2.10. The number of halogens is 1. The Balaban J connectivity index is 1.77. The lowest BCUT2D eigenvalue weighted by Gasteiger charge is -2.18. The third-order valence-corrected chi connectivity index (χ3v) is 6.63. The zero-order chi connectivity index (χ0) is 17.7. The van der Waals surface area contributed by atoms with Gasteiger partial charge >= 0.3 is 0 Å². The number of hydrogen-bond donors (Lipinski definition) is 1. The normalized spacial score (nSPS) is 14.1. The van der Waals surface area contributed by atoms with Crippen LogP contribution in [0.15, 0.2) is 59.1 Å². The average molecular weight is 405 g/mol. The Bertz CT molecular complexity index is 1130. The molecule has 26 heavy (non-hydrogen) atoms. The zero-order valence-corrected chi connectivity index (χ0v) is 16.4. The maximum atomic E-state index is 3.88. The molecule has 130 valence electrons. The van der Waals surface area contributed by atoms with E-state index in [2.05, 4.69) is 87.3 Å². The molecule has 0 fully saturated rings. The predicted molar refractivity (Wildman–Crippen MR) is 113 cm³/mol.